The van der Waals surface area contributed by atoms with Gasteiger partial charge in [-0.15, -0.1) is 0 Å². The second-order valence-electron chi connectivity index (χ2n) is 3.24. The number of carboxylic acids is 1. The first kappa shape index (κ1) is 14.8. The largest absolute Gasteiger partial charge is 0.478 e. The molecule has 0 fully saturated rings. The van der Waals surface area contributed by atoms with Gasteiger partial charge in [0.25, 0.3) is 0 Å². The minimum atomic E-state index is -1.11. The molecule has 0 saturated heterocycles. The van der Waals surface area contributed by atoms with E-state index in [0.717, 1.165) is 0 Å². The van der Waals surface area contributed by atoms with Gasteiger partial charge in [0, 0.05) is 40.0 Å². The molecule has 92 valence electrons. The van der Waals surface area contributed by atoms with Crippen molar-refractivity contribution in [2.24, 2.45) is 0 Å². The summed E-state index contributed by atoms with van der Waals surface area (Å²) in [7, 11) is -0.923. The number of carbonyl (C=O) groups excluding carboxylic acids is 1. The molecule has 6 heteroatoms. The Morgan fingerprint density at radius 1 is 1.25 bits per heavy atom. The number of nitrogens with one attached hydrogen (secondary N) is 1. The van der Waals surface area contributed by atoms with Crippen LogP contribution in [0.4, 0.5) is 0 Å². The Morgan fingerprint density at radius 2 is 1.81 bits per heavy atom. The molecule has 16 heavy (non-hydrogen) atoms. The second-order valence-corrected chi connectivity index (χ2v) is 5.11. The summed E-state index contributed by atoms with van der Waals surface area (Å²) < 4.78 is 11.1. The molecule has 0 heterocycles. The van der Waals surface area contributed by atoms with Crippen LogP contribution in [0.5, 0.6) is 0 Å². The summed E-state index contributed by atoms with van der Waals surface area (Å²) in [4.78, 5) is 22.0. The lowest BCUT2D eigenvalue weighted by molar-refractivity contribution is -0.133. The van der Waals surface area contributed by atoms with Crippen molar-refractivity contribution in [3.8, 4) is 0 Å². The smallest absolute Gasteiger partial charge is 0.331 e. The SMILES string of the molecule is CCS(=O)CCNC(=O)C(C)=C(C)C(=O)O. The molecule has 0 aromatic rings. The predicted molar refractivity (Wildman–Crippen MR) is 62.6 cm³/mol. The molecule has 0 saturated carbocycles. The highest BCUT2D eigenvalue weighted by atomic mass is 32.2. The van der Waals surface area contributed by atoms with Crippen molar-refractivity contribution in [2.45, 2.75) is 20.8 Å². The molecule has 1 unspecified atom stereocenters. The summed E-state index contributed by atoms with van der Waals surface area (Å²) in [5, 5.41) is 11.2. The van der Waals surface area contributed by atoms with Crippen LogP contribution in [0.1, 0.15) is 20.8 Å². The van der Waals surface area contributed by atoms with E-state index >= 15 is 0 Å². The Labute approximate surface area is 97.4 Å². The van der Waals surface area contributed by atoms with Crippen LogP contribution < -0.4 is 5.32 Å². The van der Waals surface area contributed by atoms with Gasteiger partial charge < -0.3 is 10.4 Å². The molecule has 0 aromatic heterocycles. The zero-order valence-electron chi connectivity index (χ0n) is 9.70. The normalized spacial score (nSPS) is 13.9. The summed E-state index contributed by atoms with van der Waals surface area (Å²) in [5.74, 6) is -0.585. The minimum absolute atomic E-state index is 0.0223. The summed E-state index contributed by atoms with van der Waals surface area (Å²) in [5.41, 5.74) is 0.198. The molecule has 0 aliphatic heterocycles. The third-order valence-electron chi connectivity index (χ3n) is 2.16. The zero-order chi connectivity index (χ0) is 12.7. The molecule has 0 bridgehead atoms. The zero-order valence-corrected chi connectivity index (χ0v) is 10.5. The van der Waals surface area contributed by atoms with Crippen molar-refractivity contribution in [3.63, 3.8) is 0 Å². The van der Waals surface area contributed by atoms with Crippen molar-refractivity contribution in [3.05, 3.63) is 11.1 Å². The van der Waals surface area contributed by atoms with Gasteiger partial charge in [-0.3, -0.25) is 9.00 Å². The summed E-state index contributed by atoms with van der Waals surface area (Å²) in [6.45, 7) is 4.93. The van der Waals surface area contributed by atoms with Crippen LogP contribution in [-0.4, -0.2) is 39.2 Å². The minimum Gasteiger partial charge on any atom is -0.478 e. The van der Waals surface area contributed by atoms with Crippen molar-refractivity contribution < 1.29 is 18.9 Å². The summed E-state index contributed by atoms with van der Waals surface area (Å²) in [6.07, 6.45) is 0. The van der Waals surface area contributed by atoms with E-state index in [1.807, 2.05) is 0 Å². The number of amides is 1. The molecule has 0 spiro atoms. The van der Waals surface area contributed by atoms with Crippen molar-refractivity contribution in [1.82, 2.24) is 5.32 Å². The summed E-state index contributed by atoms with van der Waals surface area (Å²) >= 11 is 0. The van der Waals surface area contributed by atoms with Crippen molar-refractivity contribution >= 4 is 22.7 Å². The lowest BCUT2D eigenvalue weighted by atomic mass is 10.1. The maximum absolute atomic E-state index is 11.4. The molecule has 0 aromatic carbocycles. The molecule has 1 amide bonds. The Balaban J connectivity index is 4.23. The molecule has 2 N–H and O–H groups in total. The van der Waals surface area contributed by atoms with E-state index in [2.05, 4.69) is 5.32 Å². The monoisotopic (exact) mass is 247 g/mol. The van der Waals surface area contributed by atoms with Crippen LogP contribution in [0.2, 0.25) is 0 Å². The number of carbonyl (C=O) groups is 2. The van der Waals surface area contributed by atoms with Crippen LogP contribution >= 0.6 is 0 Å². The fraction of sp³-hybridized carbons (Fsp3) is 0.600. The van der Waals surface area contributed by atoms with Crippen molar-refractivity contribution in [2.75, 3.05) is 18.1 Å². The van der Waals surface area contributed by atoms with Crippen LogP contribution in [0, 0.1) is 0 Å². The van der Waals surface area contributed by atoms with Gasteiger partial charge in [0.15, 0.2) is 0 Å². The third-order valence-corrected chi connectivity index (χ3v) is 3.46. The molecule has 0 radical (unpaired) electrons. The van der Waals surface area contributed by atoms with E-state index in [1.165, 1.54) is 13.8 Å². The van der Waals surface area contributed by atoms with Gasteiger partial charge in [-0.25, -0.2) is 4.79 Å². The van der Waals surface area contributed by atoms with Crippen LogP contribution in [-0.2, 0) is 20.4 Å². The maximum Gasteiger partial charge on any atom is 0.331 e. The van der Waals surface area contributed by atoms with E-state index in [0.29, 0.717) is 18.1 Å². The standard InChI is InChI=1S/C10H17NO4S/c1-4-16(15)6-5-11-9(12)7(2)8(3)10(13)14/h4-6H2,1-3H3,(H,11,12)(H,13,14). The number of hydrogen-bond donors (Lipinski definition) is 2. The Hall–Kier alpha value is -1.17. The first-order valence-electron chi connectivity index (χ1n) is 4.94. The molecule has 5 nitrogen and oxygen atoms in total. The van der Waals surface area contributed by atoms with E-state index in [4.69, 9.17) is 5.11 Å². The van der Waals surface area contributed by atoms with Gasteiger partial charge in [-0.1, -0.05) is 6.92 Å². The molecule has 0 aliphatic rings. The molecular weight excluding hydrogens is 230 g/mol. The van der Waals surface area contributed by atoms with Gasteiger partial charge in [-0.05, 0) is 13.8 Å². The van der Waals surface area contributed by atoms with Crippen LogP contribution in [0.3, 0.4) is 0 Å². The maximum atomic E-state index is 11.4. The van der Waals surface area contributed by atoms with Gasteiger partial charge in [0.1, 0.15) is 0 Å². The predicted octanol–water partition coefficient (Wildman–Crippen LogP) is 0.292. The van der Waals surface area contributed by atoms with E-state index in [1.54, 1.807) is 6.92 Å². The highest BCUT2D eigenvalue weighted by Gasteiger charge is 2.12. The Kier molecular flexibility index (Phi) is 6.64. The van der Waals surface area contributed by atoms with Gasteiger partial charge in [0.05, 0.1) is 0 Å². The first-order chi connectivity index (χ1) is 7.40. The van der Waals surface area contributed by atoms with Gasteiger partial charge in [0.2, 0.25) is 5.91 Å². The lowest BCUT2D eigenvalue weighted by Gasteiger charge is -2.06. The second kappa shape index (κ2) is 7.16. The summed E-state index contributed by atoms with van der Waals surface area (Å²) in [6, 6.07) is 0. The quantitative estimate of drug-likeness (QED) is 0.661. The Bertz CT molecular complexity index is 336. The number of hydrogen-bond acceptors (Lipinski definition) is 3. The lowest BCUT2D eigenvalue weighted by Crippen LogP contribution is -2.29. The number of carboxylic acid groups (broad SMARTS) is 1. The Morgan fingerprint density at radius 3 is 2.25 bits per heavy atom. The van der Waals surface area contributed by atoms with Gasteiger partial charge >= 0.3 is 5.97 Å². The fourth-order valence-electron chi connectivity index (χ4n) is 0.886. The van der Waals surface area contributed by atoms with Crippen molar-refractivity contribution in [1.29, 1.82) is 0 Å². The van der Waals surface area contributed by atoms with E-state index in [-0.39, 0.29) is 11.1 Å². The van der Waals surface area contributed by atoms with Gasteiger partial charge in [-0.2, -0.15) is 0 Å². The highest BCUT2D eigenvalue weighted by Crippen LogP contribution is 2.02. The van der Waals surface area contributed by atoms with E-state index < -0.39 is 22.7 Å². The van der Waals surface area contributed by atoms with E-state index in [9.17, 15) is 13.8 Å². The average Bonchev–Trinajstić information content (AvgIpc) is 2.26. The average molecular weight is 247 g/mol. The highest BCUT2D eigenvalue weighted by molar-refractivity contribution is 7.84. The number of aliphatic carboxylic acids is 1. The van der Waals surface area contributed by atoms with Crippen LogP contribution in [0.25, 0.3) is 0 Å². The number of rotatable bonds is 6. The first-order valence-corrected chi connectivity index (χ1v) is 6.42. The molecule has 1 atom stereocenters. The fourth-order valence-corrected chi connectivity index (χ4v) is 1.50. The third kappa shape index (κ3) is 5.06. The molecular formula is C10H17NO4S. The molecule has 0 rings (SSSR count). The molecule has 0 aliphatic carbocycles. The van der Waals surface area contributed by atoms with Crippen LogP contribution in [0.15, 0.2) is 11.1 Å². The topological polar surface area (TPSA) is 83.5 Å².